The van der Waals surface area contributed by atoms with Crippen LogP contribution in [-0.4, -0.2) is 23.9 Å². The average Bonchev–Trinajstić information content (AvgIpc) is 2.73. The third kappa shape index (κ3) is 1.44. The molecule has 2 nitrogen and oxygen atoms in total. The Morgan fingerprint density at radius 3 is 2.94 bits per heavy atom. The van der Waals surface area contributed by atoms with Gasteiger partial charge in [0, 0.05) is 25.9 Å². The van der Waals surface area contributed by atoms with Crippen LogP contribution in [0.25, 0.3) is 0 Å². The van der Waals surface area contributed by atoms with Crippen LogP contribution in [0.2, 0.25) is 0 Å². The Morgan fingerprint density at radius 2 is 2.12 bits per heavy atom. The van der Waals surface area contributed by atoms with Gasteiger partial charge in [0.1, 0.15) is 0 Å². The Balaban J connectivity index is 1.93. The zero-order chi connectivity index (χ0) is 11.1. The molecule has 1 aromatic rings. The number of nitrogens with zero attached hydrogens (tertiary/aromatic N) is 1. The molecule has 0 radical (unpaired) electrons. The summed E-state index contributed by atoms with van der Waals surface area (Å²) in [5.74, 6) is 1.51. The summed E-state index contributed by atoms with van der Waals surface area (Å²) in [6.45, 7) is 3.58. The monoisotopic (exact) mass is 215 g/mol. The molecule has 84 valence electrons. The molecule has 1 aliphatic carbocycles. The molecular formula is C14H17NO. The fourth-order valence-electron chi connectivity index (χ4n) is 3.24. The van der Waals surface area contributed by atoms with Crippen LogP contribution in [0.3, 0.4) is 0 Å². The first-order valence-corrected chi connectivity index (χ1v) is 6.09. The van der Waals surface area contributed by atoms with E-state index in [9.17, 15) is 4.79 Å². The molecule has 2 atom stereocenters. The highest BCUT2D eigenvalue weighted by Gasteiger charge is 2.37. The van der Waals surface area contributed by atoms with Gasteiger partial charge < -0.3 is 4.90 Å². The van der Waals surface area contributed by atoms with Gasteiger partial charge in [-0.05, 0) is 29.9 Å². The average molecular weight is 215 g/mol. The van der Waals surface area contributed by atoms with E-state index in [1.54, 1.807) is 6.92 Å². The van der Waals surface area contributed by atoms with Gasteiger partial charge >= 0.3 is 0 Å². The summed E-state index contributed by atoms with van der Waals surface area (Å²) >= 11 is 0. The number of benzene rings is 1. The zero-order valence-corrected chi connectivity index (χ0v) is 9.65. The molecular weight excluding hydrogens is 198 g/mol. The molecule has 0 aromatic heterocycles. The van der Waals surface area contributed by atoms with Crippen molar-refractivity contribution in [2.75, 3.05) is 13.1 Å². The molecule has 2 aliphatic rings. The molecule has 1 aromatic carbocycles. The molecule has 0 spiro atoms. The molecule has 1 aliphatic heterocycles. The fraction of sp³-hybridized carbons (Fsp3) is 0.500. The van der Waals surface area contributed by atoms with Crippen LogP contribution < -0.4 is 0 Å². The van der Waals surface area contributed by atoms with Crippen LogP contribution in [0.4, 0.5) is 0 Å². The van der Waals surface area contributed by atoms with Crippen LogP contribution in [0.5, 0.6) is 0 Å². The standard InChI is InChI=1S/C14H17NO/c1-10(16)15-8-12-7-6-11-4-2-3-5-13(11)14(12)9-15/h2-5,12,14H,6-9H2,1H3/t12-,14+/m0/s1. The van der Waals surface area contributed by atoms with Gasteiger partial charge in [-0.25, -0.2) is 0 Å². The van der Waals surface area contributed by atoms with Gasteiger partial charge in [0.25, 0.3) is 0 Å². The molecule has 16 heavy (non-hydrogen) atoms. The number of aryl methyl sites for hydroxylation is 1. The first-order valence-electron chi connectivity index (χ1n) is 6.09. The number of amides is 1. The van der Waals surface area contributed by atoms with Crippen molar-refractivity contribution < 1.29 is 4.79 Å². The summed E-state index contributed by atoms with van der Waals surface area (Å²) in [4.78, 5) is 13.4. The number of likely N-dealkylation sites (tertiary alicyclic amines) is 1. The van der Waals surface area contributed by atoms with Gasteiger partial charge in [-0.2, -0.15) is 0 Å². The Kier molecular flexibility index (Phi) is 2.23. The second kappa shape index (κ2) is 3.62. The van der Waals surface area contributed by atoms with E-state index >= 15 is 0 Å². The SMILES string of the molecule is CC(=O)N1C[C@@H]2CCc3ccccc3[C@@H]2C1. The lowest BCUT2D eigenvalue weighted by molar-refractivity contribution is -0.127. The summed E-state index contributed by atoms with van der Waals surface area (Å²) in [5, 5.41) is 0. The largest absolute Gasteiger partial charge is 0.342 e. The van der Waals surface area contributed by atoms with Gasteiger partial charge in [0.2, 0.25) is 5.91 Å². The maximum absolute atomic E-state index is 11.4. The molecule has 3 rings (SSSR count). The Labute approximate surface area is 96.3 Å². The minimum Gasteiger partial charge on any atom is -0.342 e. The van der Waals surface area contributed by atoms with Crippen LogP contribution in [0.1, 0.15) is 30.4 Å². The van der Waals surface area contributed by atoms with Crippen molar-refractivity contribution in [2.45, 2.75) is 25.7 Å². The van der Waals surface area contributed by atoms with Crippen molar-refractivity contribution in [3.63, 3.8) is 0 Å². The second-order valence-electron chi connectivity index (χ2n) is 5.03. The van der Waals surface area contributed by atoms with E-state index in [1.165, 1.54) is 24.0 Å². The van der Waals surface area contributed by atoms with E-state index in [0.717, 1.165) is 13.1 Å². The first kappa shape index (κ1) is 9.88. The summed E-state index contributed by atoms with van der Waals surface area (Å²) in [6, 6.07) is 8.73. The molecule has 0 saturated carbocycles. The fourth-order valence-corrected chi connectivity index (χ4v) is 3.24. The van der Waals surface area contributed by atoms with E-state index in [-0.39, 0.29) is 5.91 Å². The number of hydrogen-bond acceptors (Lipinski definition) is 1. The van der Waals surface area contributed by atoms with Crippen molar-refractivity contribution in [1.29, 1.82) is 0 Å². The third-order valence-corrected chi connectivity index (χ3v) is 4.13. The normalized spacial score (nSPS) is 27.4. The predicted molar refractivity (Wildman–Crippen MR) is 63.2 cm³/mol. The van der Waals surface area contributed by atoms with Crippen LogP contribution in [-0.2, 0) is 11.2 Å². The maximum atomic E-state index is 11.4. The molecule has 1 saturated heterocycles. The number of fused-ring (bicyclic) bond motifs is 3. The lowest BCUT2D eigenvalue weighted by Crippen LogP contribution is -2.25. The van der Waals surface area contributed by atoms with Gasteiger partial charge in [0.05, 0.1) is 0 Å². The minimum atomic E-state index is 0.229. The molecule has 2 heteroatoms. The molecule has 1 amide bonds. The highest BCUT2D eigenvalue weighted by Crippen LogP contribution is 2.41. The number of rotatable bonds is 0. The summed E-state index contributed by atoms with van der Waals surface area (Å²) in [7, 11) is 0. The van der Waals surface area contributed by atoms with Crippen molar-refractivity contribution in [2.24, 2.45) is 5.92 Å². The van der Waals surface area contributed by atoms with Crippen molar-refractivity contribution in [3.05, 3.63) is 35.4 Å². The van der Waals surface area contributed by atoms with Crippen LogP contribution in [0, 0.1) is 5.92 Å². The van der Waals surface area contributed by atoms with E-state index in [4.69, 9.17) is 0 Å². The Morgan fingerprint density at radius 1 is 1.31 bits per heavy atom. The Bertz CT molecular complexity index is 426. The lowest BCUT2D eigenvalue weighted by Gasteiger charge is -2.26. The van der Waals surface area contributed by atoms with E-state index < -0.39 is 0 Å². The van der Waals surface area contributed by atoms with Crippen molar-refractivity contribution in [1.82, 2.24) is 4.90 Å². The van der Waals surface area contributed by atoms with E-state index in [1.807, 2.05) is 4.90 Å². The smallest absolute Gasteiger partial charge is 0.219 e. The summed E-state index contributed by atoms with van der Waals surface area (Å²) < 4.78 is 0. The number of carbonyl (C=O) groups is 1. The molecule has 0 unspecified atom stereocenters. The third-order valence-electron chi connectivity index (χ3n) is 4.13. The summed E-state index contributed by atoms with van der Waals surface area (Å²) in [5.41, 5.74) is 2.98. The highest BCUT2D eigenvalue weighted by atomic mass is 16.2. The topological polar surface area (TPSA) is 20.3 Å². The lowest BCUT2D eigenvalue weighted by atomic mass is 9.77. The van der Waals surface area contributed by atoms with Crippen molar-refractivity contribution >= 4 is 5.91 Å². The van der Waals surface area contributed by atoms with Gasteiger partial charge in [-0.3, -0.25) is 4.79 Å². The zero-order valence-electron chi connectivity index (χ0n) is 9.65. The molecule has 1 fully saturated rings. The Hall–Kier alpha value is -1.31. The number of hydrogen-bond donors (Lipinski definition) is 0. The van der Waals surface area contributed by atoms with Crippen molar-refractivity contribution in [3.8, 4) is 0 Å². The molecule has 0 N–H and O–H groups in total. The minimum absolute atomic E-state index is 0.229. The van der Waals surface area contributed by atoms with E-state index in [0.29, 0.717) is 11.8 Å². The van der Waals surface area contributed by atoms with Gasteiger partial charge in [0.15, 0.2) is 0 Å². The van der Waals surface area contributed by atoms with E-state index in [2.05, 4.69) is 24.3 Å². The van der Waals surface area contributed by atoms with Gasteiger partial charge in [-0.15, -0.1) is 0 Å². The summed E-state index contributed by atoms with van der Waals surface area (Å²) in [6.07, 6.45) is 2.43. The molecule has 1 heterocycles. The maximum Gasteiger partial charge on any atom is 0.219 e. The van der Waals surface area contributed by atoms with Crippen LogP contribution in [0.15, 0.2) is 24.3 Å². The van der Waals surface area contributed by atoms with Crippen LogP contribution >= 0.6 is 0 Å². The highest BCUT2D eigenvalue weighted by molar-refractivity contribution is 5.73. The molecule has 0 bridgehead atoms. The van der Waals surface area contributed by atoms with Gasteiger partial charge in [-0.1, -0.05) is 24.3 Å². The number of carbonyl (C=O) groups excluding carboxylic acids is 1. The quantitative estimate of drug-likeness (QED) is 0.649. The first-order chi connectivity index (χ1) is 7.75. The predicted octanol–water partition coefficient (Wildman–Crippen LogP) is 2.19. The second-order valence-corrected chi connectivity index (χ2v) is 5.03.